The van der Waals surface area contributed by atoms with Crippen LogP contribution in [-0.4, -0.2) is 23.0 Å². The molecule has 1 heterocycles. The molecule has 0 spiro atoms. The summed E-state index contributed by atoms with van der Waals surface area (Å²) in [6.45, 7) is 6.67. The number of pyridine rings is 1. The molecule has 0 bridgehead atoms. The van der Waals surface area contributed by atoms with Gasteiger partial charge in [0.15, 0.2) is 11.6 Å². The molecule has 1 aromatic rings. The largest absolute Gasteiger partial charge is 0.490 e. The molecule has 1 N–H and O–H groups in total. The molecule has 0 aromatic carbocycles. The van der Waals surface area contributed by atoms with E-state index in [-0.39, 0.29) is 11.4 Å². The van der Waals surface area contributed by atoms with Crippen LogP contribution in [0.2, 0.25) is 0 Å². The predicted octanol–water partition coefficient (Wildman–Crippen LogP) is 3.30. The maximum absolute atomic E-state index is 5.95. The van der Waals surface area contributed by atoms with Crippen molar-refractivity contribution in [2.24, 2.45) is 0 Å². The minimum absolute atomic E-state index is 0.154. The van der Waals surface area contributed by atoms with Crippen molar-refractivity contribution in [2.45, 2.75) is 38.6 Å². The fourth-order valence-corrected chi connectivity index (χ4v) is 1.82. The summed E-state index contributed by atoms with van der Waals surface area (Å²) in [5.74, 6) is 1.58. The van der Waals surface area contributed by atoms with Gasteiger partial charge < -0.3 is 10.1 Å². The van der Waals surface area contributed by atoms with E-state index in [1.165, 1.54) is 0 Å². The maximum atomic E-state index is 5.95. The Kier molecular flexibility index (Phi) is 5.39. The first kappa shape index (κ1) is 13.1. The zero-order valence-corrected chi connectivity index (χ0v) is 10.8. The summed E-state index contributed by atoms with van der Waals surface area (Å²) in [7, 11) is 0. The second-order valence-electron chi connectivity index (χ2n) is 3.85. The van der Waals surface area contributed by atoms with Crippen LogP contribution in [0.3, 0.4) is 0 Å². The highest BCUT2D eigenvalue weighted by molar-refractivity contribution is 6.20. The molecule has 1 rings (SSSR count). The Balaban J connectivity index is 2.64. The van der Waals surface area contributed by atoms with E-state index in [4.69, 9.17) is 16.3 Å². The van der Waals surface area contributed by atoms with E-state index in [9.17, 15) is 0 Å². The number of alkyl halides is 1. The summed E-state index contributed by atoms with van der Waals surface area (Å²) in [6, 6.07) is 4.06. The molecule has 90 valence electrons. The van der Waals surface area contributed by atoms with Gasteiger partial charge in [0.25, 0.3) is 0 Å². The van der Waals surface area contributed by atoms with Crippen LogP contribution in [0, 0.1) is 0 Å². The minimum atomic E-state index is 0.154. The van der Waals surface area contributed by atoms with Gasteiger partial charge in [0.05, 0.1) is 6.61 Å². The van der Waals surface area contributed by atoms with Gasteiger partial charge in [-0.2, -0.15) is 0 Å². The Morgan fingerprint density at radius 1 is 1.50 bits per heavy atom. The maximum Gasteiger partial charge on any atom is 0.168 e. The van der Waals surface area contributed by atoms with Crippen LogP contribution in [0.1, 0.15) is 27.2 Å². The van der Waals surface area contributed by atoms with Gasteiger partial charge >= 0.3 is 0 Å². The molecule has 2 atom stereocenters. The van der Waals surface area contributed by atoms with Crippen LogP contribution in [0.4, 0.5) is 5.82 Å². The van der Waals surface area contributed by atoms with Crippen molar-refractivity contribution in [3.63, 3.8) is 0 Å². The van der Waals surface area contributed by atoms with E-state index < -0.39 is 0 Å². The third-order valence-electron chi connectivity index (χ3n) is 2.13. The Hall–Kier alpha value is -0.960. The van der Waals surface area contributed by atoms with Crippen molar-refractivity contribution < 1.29 is 4.74 Å². The number of anilines is 1. The molecule has 0 aliphatic heterocycles. The molecule has 0 amide bonds. The Bertz CT molecular complexity index is 318. The number of aromatic nitrogens is 1. The van der Waals surface area contributed by atoms with Crippen molar-refractivity contribution in [3.05, 3.63) is 18.3 Å². The van der Waals surface area contributed by atoms with Crippen molar-refractivity contribution in [1.29, 1.82) is 0 Å². The van der Waals surface area contributed by atoms with Crippen molar-refractivity contribution in [1.82, 2.24) is 4.98 Å². The first-order chi connectivity index (χ1) is 7.63. The lowest BCUT2D eigenvalue weighted by Gasteiger charge is -2.17. The molecule has 0 fully saturated rings. The van der Waals surface area contributed by atoms with Crippen molar-refractivity contribution in [2.75, 3.05) is 11.9 Å². The zero-order chi connectivity index (χ0) is 12.0. The highest BCUT2D eigenvalue weighted by atomic mass is 35.5. The summed E-state index contributed by atoms with van der Waals surface area (Å²) < 4.78 is 5.48. The SMILES string of the molecule is CCOc1cccnc1NC(C)CC(C)Cl. The lowest BCUT2D eigenvalue weighted by atomic mass is 10.2. The lowest BCUT2D eigenvalue weighted by molar-refractivity contribution is 0.340. The fraction of sp³-hybridized carbons (Fsp3) is 0.583. The lowest BCUT2D eigenvalue weighted by Crippen LogP contribution is -2.19. The van der Waals surface area contributed by atoms with Crippen LogP contribution in [0.5, 0.6) is 5.75 Å². The Labute approximate surface area is 102 Å². The predicted molar refractivity (Wildman–Crippen MR) is 68.4 cm³/mol. The van der Waals surface area contributed by atoms with E-state index in [0.717, 1.165) is 18.0 Å². The molecule has 0 aliphatic carbocycles. The summed E-state index contributed by atoms with van der Waals surface area (Å²) in [6.07, 6.45) is 2.64. The number of hydrogen-bond donors (Lipinski definition) is 1. The van der Waals surface area contributed by atoms with Gasteiger partial charge in [-0.25, -0.2) is 4.98 Å². The standard InChI is InChI=1S/C12H19ClN2O/c1-4-16-11-6-5-7-14-12(11)15-10(3)8-9(2)13/h5-7,9-10H,4,8H2,1-3H3,(H,14,15). The molecule has 4 heteroatoms. The third kappa shape index (κ3) is 4.27. The van der Waals surface area contributed by atoms with Crippen molar-refractivity contribution >= 4 is 17.4 Å². The summed E-state index contributed by atoms with van der Waals surface area (Å²) in [5, 5.41) is 3.46. The van der Waals surface area contributed by atoms with Crippen molar-refractivity contribution in [3.8, 4) is 5.75 Å². The molecule has 2 unspecified atom stereocenters. The molecule has 1 aromatic heterocycles. The number of ether oxygens (including phenoxy) is 1. The highest BCUT2D eigenvalue weighted by Gasteiger charge is 2.10. The molecule has 3 nitrogen and oxygen atoms in total. The third-order valence-corrected chi connectivity index (χ3v) is 2.31. The van der Waals surface area contributed by atoms with Gasteiger partial charge in [0, 0.05) is 17.6 Å². The molecule has 0 saturated carbocycles. The number of rotatable bonds is 6. The smallest absolute Gasteiger partial charge is 0.168 e. The average molecular weight is 243 g/mol. The van der Waals surface area contributed by atoms with Gasteiger partial charge in [-0.15, -0.1) is 11.6 Å². The summed E-state index contributed by atoms with van der Waals surface area (Å²) in [4.78, 5) is 4.27. The average Bonchev–Trinajstić information content (AvgIpc) is 2.20. The van der Waals surface area contributed by atoms with E-state index in [1.807, 2.05) is 26.0 Å². The first-order valence-corrected chi connectivity index (χ1v) is 6.05. The monoisotopic (exact) mass is 242 g/mol. The van der Waals surface area contributed by atoms with Gasteiger partial charge in [0.1, 0.15) is 0 Å². The highest BCUT2D eigenvalue weighted by Crippen LogP contribution is 2.22. The first-order valence-electron chi connectivity index (χ1n) is 5.62. The van der Waals surface area contributed by atoms with Crippen LogP contribution in [0.15, 0.2) is 18.3 Å². The Morgan fingerprint density at radius 2 is 2.25 bits per heavy atom. The van der Waals surface area contributed by atoms with Gasteiger partial charge in [-0.3, -0.25) is 0 Å². The quantitative estimate of drug-likeness (QED) is 0.778. The second kappa shape index (κ2) is 6.59. The number of hydrogen-bond acceptors (Lipinski definition) is 3. The minimum Gasteiger partial charge on any atom is -0.490 e. The summed E-state index contributed by atoms with van der Waals surface area (Å²) in [5.41, 5.74) is 0. The zero-order valence-electron chi connectivity index (χ0n) is 10.0. The topological polar surface area (TPSA) is 34.1 Å². The second-order valence-corrected chi connectivity index (χ2v) is 4.59. The van der Waals surface area contributed by atoms with E-state index in [1.54, 1.807) is 6.20 Å². The molecular formula is C12H19ClN2O. The number of halogens is 1. The van der Waals surface area contributed by atoms with Crippen LogP contribution >= 0.6 is 11.6 Å². The molecule has 16 heavy (non-hydrogen) atoms. The van der Waals surface area contributed by atoms with Crippen LogP contribution in [0.25, 0.3) is 0 Å². The van der Waals surface area contributed by atoms with E-state index >= 15 is 0 Å². The van der Waals surface area contributed by atoms with E-state index in [0.29, 0.717) is 6.61 Å². The normalized spacial score (nSPS) is 14.2. The van der Waals surface area contributed by atoms with Gasteiger partial charge in [-0.1, -0.05) is 0 Å². The van der Waals surface area contributed by atoms with Gasteiger partial charge in [-0.05, 0) is 39.3 Å². The molecular weight excluding hydrogens is 224 g/mol. The van der Waals surface area contributed by atoms with Crippen LogP contribution < -0.4 is 10.1 Å². The van der Waals surface area contributed by atoms with E-state index in [2.05, 4.69) is 17.2 Å². The number of nitrogens with zero attached hydrogens (tertiary/aromatic N) is 1. The van der Waals surface area contributed by atoms with Gasteiger partial charge in [0.2, 0.25) is 0 Å². The Morgan fingerprint density at radius 3 is 2.88 bits per heavy atom. The molecule has 0 saturated heterocycles. The number of nitrogens with one attached hydrogen (secondary N) is 1. The summed E-state index contributed by atoms with van der Waals surface area (Å²) >= 11 is 5.95. The molecule has 0 aliphatic rings. The fourth-order valence-electron chi connectivity index (χ4n) is 1.55. The van der Waals surface area contributed by atoms with Crippen LogP contribution in [-0.2, 0) is 0 Å². The molecule has 0 radical (unpaired) electrons.